The number of hydrogen-bond acceptors (Lipinski definition) is 2. The highest BCUT2D eigenvalue weighted by molar-refractivity contribution is 6.39. The van der Waals surface area contributed by atoms with Gasteiger partial charge >= 0.3 is 0 Å². The second-order valence-corrected chi connectivity index (χ2v) is 5.58. The number of pyridine rings is 1. The lowest BCUT2D eigenvalue weighted by Gasteiger charge is -2.17. The third-order valence-electron chi connectivity index (χ3n) is 1.81. The molecule has 88 valence electrons. The van der Waals surface area contributed by atoms with Gasteiger partial charge in [0, 0.05) is 18.8 Å². The van der Waals surface area contributed by atoms with E-state index in [0.29, 0.717) is 22.2 Å². The average Bonchev–Trinajstić information content (AvgIpc) is 2.08. The van der Waals surface area contributed by atoms with E-state index in [1.54, 1.807) is 0 Å². The second-order valence-electron chi connectivity index (χ2n) is 4.76. The van der Waals surface area contributed by atoms with E-state index >= 15 is 0 Å². The molecule has 0 saturated carbocycles. The predicted octanol–water partition coefficient (Wildman–Crippen LogP) is 3.76. The molecule has 0 saturated heterocycles. The smallest absolute Gasteiger partial charge is 0.224 e. The zero-order valence-electron chi connectivity index (χ0n) is 9.47. The molecular weight excluding hydrogens is 247 g/mol. The fourth-order valence-electron chi connectivity index (χ4n) is 1.20. The fourth-order valence-corrected chi connectivity index (χ4v) is 1.66. The fraction of sp³-hybridized carbons (Fsp3) is 0.455. The molecule has 0 aliphatic heterocycles. The Morgan fingerprint density at radius 2 is 1.81 bits per heavy atom. The van der Waals surface area contributed by atoms with E-state index in [4.69, 9.17) is 23.2 Å². The number of aromatic nitrogens is 1. The molecule has 0 radical (unpaired) electrons. The van der Waals surface area contributed by atoms with Crippen molar-refractivity contribution in [2.75, 3.05) is 5.32 Å². The van der Waals surface area contributed by atoms with Crippen LogP contribution in [0, 0.1) is 5.41 Å². The van der Waals surface area contributed by atoms with Crippen molar-refractivity contribution >= 4 is 34.8 Å². The van der Waals surface area contributed by atoms with E-state index < -0.39 is 0 Å². The highest BCUT2D eigenvalue weighted by Crippen LogP contribution is 2.29. The van der Waals surface area contributed by atoms with Crippen LogP contribution in [-0.4, -0.2) is 10.9 Å². The number of nitrogens with zero attached hydrogens (tertiary/aromatic N) is 1. The number of anilines is 1. The van der Waals surface area contributed by atoms with Gasteiger partial charge in [0.15, 0.2) is 0 Å². The number of nitrogens with one attached hydrogen (secondary N) is 1. The van der Waals surface area contributed by atoms with Crippen molar-refractivity contribution in [2.24, 2.45) is 5.41 Å². The van der Waals surface area contributed by atoms with E-state index in [9.17, 15) is 4.79 Å². The van der Waals surface area contributed by atoms with E-state index in [0.717, 1.165) is 0 Å². The quantitative estimate of drug-likeness (QED) is 0.880. The molecule has 1 amide bonds. The molecule has 0 bridgehead atoms. The molecule has 1 rings (SSSR count). The predicted molar refractivity (Wildman–Crippen MR) is 67.0 cm³/mol. The maximum Gasteiger partial charge on any atom is 0.224 e. The van der Waals surface area contributed by atoms with Crippen molar-refractivity contribution in [3.63, 3.8) is 0 Å². The monoisotopic (exact) mass is 260 g/mol. The summed E-state index contributed by atoms with van der Waals surface area (Å²) in [4.78, 5) is 15.5. The molecule has 0 fully saturated rings. The number of halogens is 2. The molecule has 0 atom stereocenters. The van der Waals surface area contributed by atoms with Crippen LogP contribution >= 0.6 is 23.2 Å². The summed E-state index contributed by atoms with van der Waals surface area (Å²) in [6.45, 7) is 5.97. The van der Waals surface area contributed by atoms with Crippen LogP contribution in [0.1, 0.15) is 27.2 Å². The van der Waals surface area contributed by atoms with E-state index in [1.807, 2.05) is 20.8 Å². The third kappa shape index (κ3) is 3.99. The maximum atomic E-state index is 11.7. The van der Waals surface area contributed by atoms with Crippen LogP contribution in [0.15, 0.2) is 12.4 Å². The summed E-state index contributed by atoms with van der Waals surface area (Å²) in [5, 5.41) is 3.38. The lowest BCUT2D eigenvalue weighted by molar-refractivity contribution is -0.117. The second kappa shape index (κ2) is 5.02. The molecule has 1 N–H and O–H groups in total. The Hall–Kier alpha value is -0.800. The summed E-state index contributed by atoms with van der Waals surface area (Å²) in [7, 11) is 0. The SMILES string of the molecule is CC(C)(C)CC(=O)Nc1c(Cl)cncc1Cl. The van der Waals surface area contributed by atoms with E-state index in [2.05, 4.69) is 10.3 Å². The molecule has 0 spiro atoms. The largest absolute Gasteiger partial charge is 0.323 e. The first kappa shape index (κ1) is 13.3. The Balaban J connectivity index is 2.78. The van der Waals surface area contributed by atoms with Crippen molar-refractivity contribution in [1.82, 2.24) is 4.98 Å². The molecule has 0 aliphatic carbocycles. The Bertz CT molecular complexity index is 379. The number of carbonyl (C=O) groups is 1. The summed E-state index contributed by atoms with van der Waals surface area (Å²) >= 11 is 11.8. The maximum absolute atomic E-state index is 11.7. The first-order valence-electron chi connectivity index (χ1n) is 4.88. The first-order chi connectivity index (χ1) is 7.29. The summed E-state index contributed by atoms with van der Waals surface area (Å²) < 4.78 is 0. The summed E-state index contributed by atoms with van der Waals surface area (Å²) in [6, 6.07) is 0. The van der Waals surface area contributed by atoms with Gasteiger partial charge in [0.05, 0.1) is 15.7 Å². The molecule has 3 nitrogen and oxygen atoms in total. The molecule has 0 aliphatic rings. The van der Waals surface area contributed by atoms with Gasteiger partial charge in [-0.2, -0.15) is 0 Å². The average molecular weight is 261 g/mol. The van der Waals surface area contributed by atoms with Gasteiger partial charge in [-0.1, -0.05) is 44.0 Å². The molecular formula is C11H14Cl2N2O. The van der Waals surface area contributed by atoms with Crippen LogP contribution in [0.25, 0.3) is 0 Å². The highest BCUT2D eigenvalue weighted by Gasteiger charge is 2.17. The van der Waals surface area contributed by atoms with Crippen LogP contribution in [-0.2, 0) is 4.79 Å². The normalized spacial score (nSPS) is 11.3. The van der Waals surface area contributed by atoms with Gasteiger partial charge in [-0.3, -0.25) is 9.78 Å². The van der Waals surface area contributed by atoms with Crippen LogP contribution < -0.4 is 5.32 Å². The van der Waals surface area contributed by atoms with E-state index in [-0.39, 0.29) is 11.3 Å². The van der Waals surface area contributed by atoms with Gasteiger partial charge in [-0.05, 0) is 5.41 Å². The minimum Gasteiger partial charge on any atom is -0.323 e. The van der Waals surface area contributed by atoms with Gasteiger partial charge in [0.25, 0.3) is 0 Å². The van der Waals surface area contributed by atoms with Crippen molar-refractivity contribution < 1.29 is 4.79 Å². The number of amides is 1. The van der Waals surface area contributed by atoms with Gasteiger partial charge in [-0.25, -0.2) is 0 Å². The lowest BCUT2D eigenvalue weighted by atomic mass is 9.92. The first-order valence-corrected chi connectivity index (χ1v) is 5.64. The Kier molecular flexibility index (Phi) is 4.16. The Morgan fingerprint density at radius 3 is 2.25 bits per heavy atom. The third-order valence-corrected chi connectivity index (χ3v) is 2.38. The number of rotatable bonds is 2. The zero-order chi connectivity index (χ0) is 12.3. The minimum absolute atomic E-state index is 0.0733. The topological polar surface area (TPSA) is 42.0 Å². The minimum atomic E-state index is -0.109. The lowest BCUT2D eigenvalue weighted by Crippen LogP contribution is -2.20. The number of hydrogen-bond donors (Lipinski definition) is 1. The van der Waals surface area contributed by atoms with Gasteiger partial charge in [-0.15, -0.1) is 0 Å². The highest BCUT2D eigenvalue weighted by atomic mass is 35.5. The van der Waals surface area contributed by atoms with Crippen molar-refractivity contribution in [2.45, 2.75) is 27.2 Å². The standard InChI is InChI=1S/C11H14Cl2N2O/c1-11(2,3)4-9(16)15-10-7(12)5-14-6-8(10)13/h5-6H,4H2,1-3H3,(H,14,15,16). The number of carbonyl (C=O) groups excluding carboxylic acids is 1. The van der Waals surface area contributed by atoms with Crippen LogP contribution in [0.2, 0.25) is 10.0 Å². The van der Waals surface area contributed by atoms with Gasteiger partial charge in [0.2, 0.25) is 5.91 Å². The van der Waals surface area contributed by atoms with Crippen LogP contribution in [0.5, 0.6) is 0 Å². The summed E-state index contributed by atoms with van der Waals surface area (Å²) in [5.74, 6) is -0.109. The van der Waals surface area contributed by atoms with Crippen molar-refractivity contribution in [1.29, 1.82) is 0 Å². The van der Waals surface area contributed by atoms with Gasteiger partial charge in [0.1, 0.15) is 0 Å². The van der Waals surface area contributed by atoms with Crippen LogP contribution in [0.4, 0.5) is 5.69 Å². The molecule has 16 heavy (non-hydrogen) atoms. The zero-order valence-corrected chi connectivity index (χ0v) is 11.0. The molecule has 1 aromatic heterocycles. The van der Waals surface area contributed by atoms with E-state index in [1.165, 1.54) is 12.4 Å². The summed E-state index contributed by atoms with van der Waals surface area (Å²) in [5.41, 5.74) is 0.350. The molecule has 5 heteroatoms. The Labute approximate surface area is 105 Å². The summed E-state index contributed by atoms with van der Waals surface area (Å²) in [6.07, 6.45) is 3.29. The molecule has 0 aromatic carbocycles. The van der Waals surface area contributed by atoms with Crippen LogP contribution in [0.3, 0.4) is 0 Å². The van der Waals surface area contributed by atoms with Gasteiger partial charge < -0.3 is 5.32 Å². The molecule has 0 unspecified atom stereocenters. The molecule has 1 aromatic rings. The molecule has 1 heterocycles. The van der Waals surface area contributed by atoms with Crippen molar-refractivity contribution in [3.8, 4) is 0 Å². The Morgan fingerprint density at radius 1 is 1.31 bits per heavy atom. The van der Waals surface area contributed by atoms with Crippen molar-refractivity contribution in [3.05, 3.63) is 22.4 Å².